The van der Waals surface area contributed by atoms with E-state index in [4.69, 9.17) is 0 Å². The number of nitrogens with one attached hydrogen (secondary N) is 2. The van der Waals surface area contributed by atoms with Crippen molar-refractivity contribution in [3.63, 3.8) is 0 Å². The van der Waals surface area contributed by atoms with Gasteiger partial charge in [-0.25, -0.2) is 0 Å². The van der Waals surface area contributed by atoms with Crippen LogP contribution in [0.1, 0.15) is 22.7 Å². The van der Waals surface area contributed by atoms with Crippen LogP contribution in [0.3, 0.4) is 0 Å². The molecule has 0 aliphatic heterocycles. The van der Waals surface area contributed by atoms with E-state index in [2.05, 4.69) is 40.6 Å². The zero-order valence-electron chi connectivity index (χ0n) is 9.24. The number of benzene rings is 1. The molecule has 1 unspecified atom stereocenters. The maximum atomic E-state index is 3.50. The molecule has 3 rings (SSSR count). The molecule has 2 nitrogen and oxygen atoms in total. The van der Waals surface area contributed by atoms with Crippen molar-refractivity contribution in [3.8, 4) is 0 Å². The Bertz CT molecular complexity index is 459. The zero-order chi connectivity index (χ0) is 10.8. The van der Waals surface area contributed by atoms with Gasteiger partial charge in [-0.3, -0.25) is 0 Å². The van der Waals surface area contributed by atoms with Gasteiger partial charge in [0, 0.05) is 30.9 Å². The lowest BCUT2D eigenvalue weighted by atomic mass is 9.77. The van der Waals surface area contributed by atoms with E-state index in [0.29, 0.717) is 5.92 Å². The van der Waals surface area contributed by atoms with Gasteiger partial charge in [0.1, 0.15) is 0 Å². The first kappa shape index (κ1) is 9.67. The summed E-state index contributed by atoms with van der Waals surface area (Å²) >= 11 is 0. The lowest BCUT2D eigenvalue weighted by Crippen LogP contribution is -2.28. The molecule has 1 atom stereocenters. The predicted molar refractivity (Wildman–Crippen MR) is 65.4 cm³/mol. The predicted octanol–water partition coefficient (Wildman–Crippen LogP) is 2.44. The number of aromatic amines is 1. The molecule has 1 aromatic heterocycles. The lowest BCUT2D eigenvalue weighted by Gasteiger charge is -2.30. The summed E-state index contributed by atoms with van der Waals surface area (Å²) in [5.74, 6) is 0.714. The normalized spacial score (nSPS) is 17.9. The maximum absolute atomic E-state index is 3.50. The molecule has 16 heavy (non-hydrogen) atoms. The molecule has 0 saturated carbocycles. The van der Waals surface area contributed by atoms with E-state index in [1.165, 1.54) is 23.2 Å². The smallest absolute Gasteiger partial charge is 0.0357 e. The molecule has 2 heteroatoms. The van der Waals surface area contributed by atoms with Crippen molar-refractivity contribution in [2.24, 2.45) is 0 Å². The summed E-state index contributed by atoms with van der Waals surface area (Å²) in [4.78, 5) is 3.20. The Labute approximate surface area is 95.7 Å². The third-order valence-corrected chi connectivity index (χ3v) is 3.33. The van der Waals surface area contributed by atoms with E-state index in [1.54, 1.807) is 0 Å². The van der Waals surface area contributed by atoms with Crippen molar-refractivity contribution in [3.05, 3.63) is 59.4 Å². The minimum Gasteiger partial charge on any atom is -0.364 e. The fourth-order valence-corrected chi connectivity index (χ4v) is 2.40. The number of fused-ring (bicyclic) bond motifs is 1. The average Bonchev–Trinajstić information content (AvgIpc) is 2.77. The van der Waals surface area contributed by atoms with Crippen LogP contribution in [0.15, 0.2) is 42.6 Å². The third kappa shape index (κ3) is 1.76. The van der Waals surface area contributed by atoms with E-state index in [-0.39, 0.29) is 0 Å². The summed E-state index contributed by atoms with van der Waals surface area (Å²) in [6, 6.07) is 12.9. The number of H-pyrrole nitrogens is 1. The topological polar surface area (TPSA) is 27.8 Å². The van der Waals surface area contributed by atoms with Crippen molar-refractivity contribution in [2.75, 3.05) is 6.54 Å². The van der Waals surface area contributed by atoms with E-state index < -0.39 is 0 Å². The second-order valence-corrected chi connectivity index (χ2v) is 4.43. The van der Waals surface area contributed by atoms with Crippen LogP contribution in [0.2, 0.25) is 0 Å². The van der Waals surface area contributed by atoms with E-state index in [0.717, 1.165) is 13.1 Å². The average molecular weight is 212 g/mol. The highest BCUT2D eigenvalue weighted by Crippen LogP contribution is 2.33. The van der Waals surface area contributed by atoms with Crippen molar-refractivity contribution < 1.29 is 0 Å². The molecule has 0 fully saturated rings. The summed E-state index contributed by atoms with van der Waals surface area (Å²) in [5, 5.41) is 3.50. The van der Waals surface area contributed by atoms with E-state index in [1.807, 2.05) is 12.3 Å². The lowest BCUT2D eigenvalue weighted by molar-refractivity contribution is 0.533. The Morgan fingerprint density at radius 3 is 2.94 bits per heavy atom. The van der Waals surface area contributed by atoms with Crippen molar-refractivity contribution in [2.45, 2.75) is 18.9 Å². The van der Waals surface area contributed by atoms with Gasteiger partial charge in [-0.1, -0.05) is 24.3 Å². The van der Waals surface area contributed by atoms with Crippen LogP contribution in [0.5, 0.6) is 0 Å². The first-order valence-corrected chi connectivity index (χ1v) is 5.84. The SMILES string of the molecule is c1c[nH]c(CNCC2Cc3ccccc32)c1. The van der Waals surface area contributed by atoms with E-state index >= 15 is 0 Å². The summed E-state index contributed by atoms with van der Waals surface area (Å²) in [7, 11) is 0. The molecular weight excluding hydrogens is 196 g/mol. The zero-order valence-corrected chi connectivity index (χ0v) is 9.24. The van der Waals surface area contributed by atoms with Crippen LogP contribution < -0.4 is 5.32 Å². The number of rotatable bonds is 4. The summed E-state index contributed by atoms with van der Waals surface area (Å²) in [6.45, 7) is 2.02. The fourth-order valence-electron chi connectivity index (χ4n) is 2.40. The first-order chi connectivity index (χ1) is 7.93. The second kappa shape index (κ2) is 4.14. The van der Waals surface area contributed by atoms with Gasteiger partial charge in [0.25, 0.3) is 0 Å². The molecule has 0 spiro atoms. The highest BCUT2D eigenvalue weighted by molar-refractivity contribution is 5.40. The molecule has 0 bridgehead atoms. The summed E-state index contributed by atoms with van der Waals surface area (Å²) < 4.78 is 0. The van der Waals surface area contributed by atoms with Gasteiger partial charge in [-0.15, -0.1) is 0 Å². The molecule has 1 aliphatic rings. The molecule has 0 radical (unpaired) electrons. The Kier molecular flexibility index (Phi) is 2.50. The Balaban J connectivity index is 1.52. The molecule has 2 N–H and O–H groups in total. The van der Waals surface area contributed by atoms with Crippen LogP contribution >= 0.6 is 0 Å². The monoisotopic (exact) mass is 212 g/mol. The van der Waals surface area contributed by atoms with Gasteiger partial charge in [-0.2, -0.15) is 0 Å². The molecule has 2 aromatic rings. The molecule has 1 aromatic carbocycles. The van der Waals surface area contributed by atoms with Gasteiger partial charge in [-0.05, 0) is 29.7 Å². The molecule has 1 aliphatic carbocycles. The van der Waals surface area contributed by atoms with Crippen LogP contribution in [-0.4, -0.2) is 11.5 Å². The summed E-state index contributed by atoms with van der Waals surface area (Å²) in [6.07, 6.45) is 3.20. The number of hydrogen-bond donors (Lipinski definition) is 2. The highest BCUT2D eigenvalue weighted by atomic mass is 14.9. The Hall–Kier alpha value is -1.54. The number of hydrogen-bond acceptors (Lipinski definition) is 1. The van der Waals surface area contributed by atoms with Crippen LogP contribution in [-0.2, 0) is 13.0 Å². The highest BCUT2D eigenvalue weighted by Gasteiger charge is 2.24. The van der Waals surface area contributed by atoms with Crippen LogP contribution in [0.4, 0.5) is 0 Å². The van der Waals surface area contributed by atoms with Crippen molar-refractivity contribution >= 4 is 0 Å². The largest absolute Gasteiger partial charge is 0.364 e. The minimum atomic E-state index is 0.714. The van der Waals surface area contributed by atoms with Gasteiger partial charge in [0.05, 0.1) is 0 Å². The first-order valence-electron chi connectivity index (χ1n) is 5.84. The molecule has 1 heterocycles. The van der Waals surface area contributed by atoms with Crippen LogP contribution in [0, 0.1) is 0 Å². The molecule has 0 amide bonds. The van der Waals surface area contributed by atoms with Gasteiger partial charge < -0.3 is 10.3 Å². The van der Waals surface area contributed by atoms with Crippen LogP contribution in [0.25, 0.3) is 0 Å². The molecular formula is C14H16N2. The second-order valence-electron chi connectivity index (χ2n) is 4.43. The van der Waals surface area contributed by atoms with Gasteiger partial charge >= 0.3 is 0 Å². The van der Waals surface area contributed by atoms with Gasteiger partial charge in [0.2, 0.25) is 0 Å². The maximum Gasteiger partial charge on any atom is 0.0357 e. The Morgan fingerprint density at radius 2 is 2.12 bits per heavy atom. The minimum absolute atomic E-state index is 0.714. The molecule has 0 saturated heterocycles. The van der Waals surface area contributed by atoms with E-state index in [9.17, 15) is 0 Å². The van der Waals surface area contributed by atoms with Crippen molar-refractivity contribution in [1.29, 1.82) is 0 Å². The summed E-state index contributed by atoms with van der Waals surface area (Å²) in [5.41, 5.74) is 4.31. The standard InChI is InChI=1S/C14H16N2/c1-2-6-14-11(4-1)8-12(14)9-15-10-13-5-3-7-16-13/h1-7,12,15-16H,8-10H2. The Morgan fingerprint density at radius 1 is 1.19 bits per heavy atom. The quantitative estimate of drug-likeness (QED) is 0.800. The molecule has 82 valence electrons. The number of aromatic nitrogens is 1. The van der Waals surface area contributed by atoms with Crippen molar-refractivity contribution in [1.82, 2.24) is 10.3 Å². The fraction of sp³-hybridized carbons (Fsp3) is 0.286. The van der Waals surface area contributed by atoms with Gasteiger partial charge in [0.15, 0.2) is 0 Å². The third-order valence-electron chi connectivity index (χ3n) is 3.33.